The van der Waals surface area contributed by atoms with Crippen LogP contribution in [0.3, 0.4) is 0 Å². The first-order chi connectivity index (χ1) is 11.3. The summed E-state index contributed by atoms with van der Waals surface area (Å²) >= 11 is 0. The minimum atomic E-state index is -4.54. The first kappa shape index (κ1) is 17.8. The van der Waals surface area contributed by atoms with Crippen molar-refractivity contribution >= 4 is 5.91 Å². The van der Waals surface area contributed by atoms with E-state index in [-0.39, 0.29) is 12.3 Å². The number of likely N-dealkylation sites (N-methyl/N-ethyl adjacent to an activating group) is 1. The largest absolute Gasteiger partial charge is 0.480 e. The lowest BCUT2D eigenvalue weighted by Gasteiger charge is -2.23. The molecule has 0 spiro atoms. The average Bonchev–Trinajstić information content (AvgIpc) is 2.54. The molecule has 0 saturated heterocycles. The first-order valence-corrected chi connectivity index (χ1v) is 7.27. The Bertz CT molecular complexity index is 690. The molecule has 0 saturated carbocycles. The van der Waals surface area contributed by atoms with Gasteiger partial charge in [-0.25, -0.2) is 0 Å². The van der Waals surface area contributed by atoms with E-state index in [9.17, 15) is 18.0 Å². The molecule has 4 nitrogen and oxygen atoms in total. The number of para-hydroxylation sites is 1. The molecule has 0 aliphatic carbocycles. The van der Waals surface area contributed by atoms with E-state index in [0.29, 0.717) is 5.69 Å². The molecule has 2 aromatic rings. The minimum Gasteiger partial charge on any atom is -0.480 e. The number of hydrogen-bond donors (Lipinski definition) is 0. The summed E-state index contributed by atoms with van der Waals surface area (Å²) in [6.45, 7) is 1.67. The van der Waals surface area contributed by atoms with Gasteiger partial charge in [-0.2, -0.15) is 13.2 Å². The molecule has 1 atom stereocenters. The van der Waals surface area contributed by atoms with Crippen molar-refractivity contribution in [3.05, 3.63) is 59.9 Å². The van der Waals surface area contributed by atoms with Crippen molar-refractivity contribution in [2.24, 2.45) is 0 Å². The maximum absolute atomic E-state index is 13.0. The van der Waals surface area contributed by atoms with Gasteiger partial charge in [-0.3, -0.25) is 9.78 Å². The Labute approximate surface area is 137 Å². The van der Waals surface area contributed by atoms with Crippen LogP contribution in [0.2, 0.25) is 0 Å². The fourth-order valence-corrected chi connectivity index (χ4v) is 2.17. The van der Waals surface area contributed by atoms with E-state index in [1.807, 2.05) is 0 Å². The zero-order valence-corrected chi connectivity index (χ0v) is 13.2. The first-order valence-electron chi connectivity index (χ1n) is 7.27. The number of pyridine rings is 1. The van der Waals surface area contributed by atoms with Crippen LogP contribution in [0.15, 0.2) is 48.7 Å². The van der Waals surface area contributed by atoms with Gasteiger partial charge in [-0.1, -0.05) is 18.2 Å². The fourth-order valence-electron chi connectivity index (χ4n) is 2.17. The molecule has 0 bridgehead atoms. The van der Waals surface area contributed by atoms with Crippen molar-refractivity contribution in [2.75, 3.05) is 7.05 Å². The van der Waals surface area contributed by atoms with Crippen LogP contribution in [0.1, 0.15) is 18.2 Å². The van der Waals surface area contributed by atoms with Gasteiger partial charge >= 0.3 is 6.18 Å². The van der Waals surface area contributed by atoms with E-state index in [1.54, 1.807) is 31.4 Å². The smallest absolute Gasteiger partial charge is 0.419 e. The number of ether oxygens (including phenoxy) is 1. The zero-order valence-electron chi connectivity index (χ0n) is 13.2. The number of benzene rings is 1. The van der Waals surface area contributed by atoms with Gasteiger partial charge in [0.15, 0.2) is 6.10 Å². The van der Waals surface area contributed by atoms with Gasteiger partial charge < -0.3 is 9.64 Å². The van der Waals surface area contributed by atoms with E-state index in [0.717, 1.165) is 6.07 Å². The Morgan fingerprint density at radius 2 is 1.88 bits per heavy atom. The summed E-state index contributed by atoms with van der Waals surface area (Å²) in [5, 5.41) is 0. The Morgan fingerprint density at radius 3 is 2.50 bits per heavy atom. The number of nitrogens with zero attached hydrogens (tertiary/aromatic N) is 2. The second kappa shape index (κ2) is 7.33. The van der Waals surface area contributed by atoms with Crippen LogP contribution in [0.4, 0.5) is 13.2 Å². The molecule has 0 fully saturated rings. The Balaban J connectivity index is 2.07. The second-order valence-electron chi connectivity index (χ2n) is 5.27. The molecule has 0 aliphatic heterocycles. The lowest BCUT2D eigenvalue weighted by Crippen LogP contribution is -2.38. The minimum absolute atomic E-state index is 0.244. The number of rotatable bonds is 5. The summed E-state index contributed by atoms with van der Waals surface area (Å²) in [5.74, 6) is -0.797. The van der Waals surface area contributed by atoms with Crippen molar-refractivity contribution in [1.29, 1.82) is 0 Å². The monoisotopic (exact) mass is 338 g/mol. The van der Waals surface area contributed by atoms with Crippen LogP contribution in [-0.2, 0) is 17.5 Å². The molecule has 0 unspecified atom stereocenters. The van der Waals surface area contributed by atoms with Gasteiger partial charge in [0.2, 0.25) is 0 Å². The molecule has 2 rings (SSSR count). The SMILES string of the molecule is C[C@H](Oc1ccccc1C(F)(F)F)C(=O)N(C)Cc1ccccn1. The summed E-state index contributed by atoms with van der Waals surface area (Å²) in [5.41, 5.74) is -0.228. The van der Waals surface area contributed by atoms with Crippen LogP contribution in [0.25, 0.3) is 0 Å². The number of hydrogen-bond acceptors (Lipinski definition) is 3. The summed E-state index contributed by atoms with van der Waals surface area (Å²) in [6.07, 6.45) is -3.99. The Hall–Kier alpha value is -2.57. The van der Waals surface area contributed by atoms with Crippen LogP contribution in [0.5, 0.6) is 5.75 Å². The van der Waals surface area contributed by atoms with Crippen molar-refractivity contribution in [3.8, 4) is 5.75 Å². The molecule has 0 radical (unpaired) electrons. The van der Waals surface area contributed by atoms with Crippen molar-refractivity contribution in [2.45, 2.75) is 25.7 Å². The lowest BCUT2D eigenvalue weighted by atomic mass is 10.2. The van der Waals surface area contributed by atoms with Crippen molar-refractivity contribution < 1.29 is 22.7 Å². The molecule has 1 aromatic heterocycles. The third kappa shape index (κ3) is 4.47. The maximum atomic E-state index is 13.0. The number of halogens is 3. The topological polar surface area (TPSA) is 42.4 Å². The van der Waals surface area contributed by atoms with Gasteiger partial charge in [0.05, 0.1) is 17.8 Å². The molecule has 7 heteroatoms. The number of aromatic nitrogens is 1. The van der Waals surface area contributed by atoms with Crippen LogP contribution >= 0.6 is 0 Å². The summed E-state index contributed by atoms with van der Waals surface area (Å²) in [7, 11) is 1.55. The molecule has 0 N–H and O–H groups in total. The van der Waals surface area contributed by atoms with Gasteiger partial charge in [0, 0.05) is 13.2 Å². The molecule has 1 heterocycles. The van der Waals surface area contributed by atoms with E-state index in [4.69, 9.17) is 4.74 Å². The highest BCUT2D eigenvalue weighted by molar-refractivity contribution is 5.80. The van der Waals surface area contributed by atoms with E-state index in [1.165, 1.54) is 30.0 Å². The molecule has 1 aromatic carbocycles. The van der Waals surface area contributed by atoms with Crippen molar-refractivity contribution in [1.82, 2.24) is 9.88 Å². The van der Waals surface area contributed by atoms with E-state index < -0.39 is 23.8 Å². The van der Waals surface area contributed by atoms with Gasteiger partial charge in [-0.15, -0.1) is 0 Å². The average molecular weight is 338 g/mol. The molecule has 24 heavy (non-hydrogen) atoms. The molecule has 128 valence electrons. The summed E-state index contributed by atoms with van der Waals surface area (Å²) < 4.78 is 44.1. The highest BCUT2D eigenvalue weighted by atomic mass is 19.4. The van der Waals surface area contributed by atoms with Gasteiger partial charge in [-0.05, 0) is 31.2 Å². The summed E-state index contributed by atoms with van der Waals surface area (Å²) in [6, 6.07) is 10.1. The van der Waals surface area contributed by atoms with E-state index >= 15 is 0 Å². The molecule has 1 amide bonds. The van der Waals surface area contributed by atoms with Gasteiger partial charge in [0.1, 0.15) is 5.75 Å². The van der Waals surface area contributed by atoms with E-state index in [2.05, 4.69) is 4.98 Å². The molecular weight excluding hydrogens is 321 g/mol. The Morgan fingerprint density at radius 1 is 1.21 bits per heavy atom. The van der Waals surface area contributed by atoms with Gasteiger partial charge in [0.25, 0.3) is 5.91 Å². The standard InChI is InChI=1S/C17H17F3N2O2/c1-12(16(23)22(2)11-13-7-5-6-10-21-13)24-15-9-4-3-8-14(15)17(18,19)20/h3-10,12H,11H2,1-2H3/t12-/m0/s1. The maximum Gasteiger partial charge on any atom is 0.419 e. The predicted molar refractivity (Wildman–Crippen MR) is 82.2 cm³/mol. The number of carbonyl (C=O) groups is 1. The predicted octanol–water partition coefficient (Wildman–Crippen LogP) is 3.53. The van der Waals surface area contributed by atoms with Crippen LogP contribution in [-0.4, -0.2) is 28.9 Å². The second-order valence-corrected chi connectivity index (χ2v) is 5.27. The lowest BCUT2D eigenvalue weighted by molar-refractivity contribution is -0.143. The van der Waals surface area contributed by atoms with Crippen molar-refractivity contribution in [3.63, 3.8) is 0 Å². The van der Waals surface area contributed by atoms with Crippen LogP contribution < -0.4 is 4.74 Å². The normalized spacial score (nSPS) is 12.5. The highest BCUT2D eigenvalue weighted by Crippen LogP contribution is 2.36. The fraction of sp³-hybridized carbons (Fsp3) is 0.294. The summed E-state index contributed by atoms with van der Waals surface area (Å²) in [4.78, 5) is 17.8. The Kier molecular flexibility index (Phi) is 5.43. The quantitative estimate of drug-likeness (QED) is 0.838. The number of amides is 1. The van der Waals surface area contributed by atoms with Crippen LogP contribution in [0, 0.1) is 0 Å². The highest BCUT2D eigenvalue weighted by Gasteiger charge is 2.35. The molecular formula is C17H17F3N2O2. The zero-order chi connectivity index (χ0) is 17.7. The number of carbonyl (C=O) groups excluding carboxylic acids is 1. The molecule has 0 aliphatic rings. The third-order valence-corrected chi connectivity index (χ3v) is 3.35. The number of alkyl halides is 3. The third-order valence-electron chi connectivity index (χ3n) is 3.35.